The van der Waals surface area contributed by atoms with Crippen molar-refractivity contribution in [2.45, 2.75) is 0 Å². The van der Waals surface area contributed by atoms with Crippen LogP contribution < -0.4 is 0 Å². The van der Waals surface area contributed by atoms with Gasteiger partial charge in [0.1, 0.15) is 0 Å². The van der Waals surface area contributed by atoms with E-state index in [-0.39, 0.29) is 0 Å². The molecule has 4 heteroatoms. The second-order valence-corrected chi connectivity index (χ2v) is 3.56. The molecule has 2 rings (SSSR count). The highest BCUT2D eigenvalue weighted by Gasteiger charge is 2.09. The van der Waals surface area contributed by atoms with Gasteiger partial charge in [-0.2, -0.15) is 5.26 Å². The number of hydrogen-bond acceptors (Lipinski definition) is 4. The molecule has 0 aliphatic rings. The molecule has 84 valence electrons. The molecule has 3 N–H and O–H groups in total. The topological polar surface area (TPSA) is 84.5 Å². The van der Waals surface area contributed by atoms with Crippen LogP contribution in [-0.2, 0) is 0 Å². The van der Waals surface area contributed by atoms with Crippen LogP contribution in [-0.4, -0.2) is 15.3 Å². The lowest BCUT2D eigenvalue weighted by molar-refractivity contribution is 0.368. The van der Waals surface area contributed by atoms with Crippen molar-refractivity contribution >= 4 is 0 Å². The van der Waals surface area contributed by atoms with Crippen molar-refractivity contribution < 1.29 is 15.3 Å². The van der Waals surface area contributed by atoms with E-state index in [9.17, 15) is 15.3 Å². The van der Waals surface area contributed by atoms with Crippen LogP contribution in [0.5, 0.6) is 17.2 Å². The van der Waals surface area contributed by atoms with Crippen LogP contribution in [0.2, 0.25) is 0 Å². The third-order valence-electron chi connectivity index (χ3n) is 2.39. The Kier molecular flexibility index (Phi) is 2.59. The third kappa shape index (κ3) is 1.99. The van der Waals surface area contributed by atoms with Gasteiger partial charge in [-0.25, -0.2) is 0 Å². The predicted octanol–water partition coefficient (Wildman–Crippen LogP) is 2.34. The quantitative estimate of drug-likeness (QED) is 0.653. The van der Waals surface area contributed by atoms with Crippen LogP contribution in [0, 0.1) is 11.3 Å². The molecule has 0 aliphatic carbocycles. The lowest BCUT2D eigenvalue weighted by atomic mass is 10.0. The summed E-state index contributed by atoms with van der Waals surface area (Å²) < 4.78 is 0. The smallest absolute Gasteiger partial charge is 0.200 e. The van der Waals surface area contributed by atoms with Crippen molar-refractivity contribution in [3.8, 4) is 34.4 Å². The fourth-order valence-corrected chi connectivity index (χ4v) is 1.54. The second-order valence-electron chi connectivity index (χ2n) is 3.56. The van der Waals surface area contributed by atoms with Crippen LogP contribution in [0.15, 0.2) is 36.4 Å². The number of phenols is 3. The second kappa shape index (κ2) is 4.06. The van der Waals surface area contributed by atoms with E-state index in [1.807, 2.05) is 6.07 Å². The number of aromatic hydroxyl groups is 3. The minimum absolute atomic E-state index is 0.401. The Hall–Kier alpha value is -2.67. The Morgan fingerprint density at radius 1 is 0.882 bits per heavy atom. The summed E-state index contributed by atoms with van der Waals surface area (Å²) in [5.74, 6) is -1.35. The van der Waals surface area contributed by atoms with Crippen molar-refractivity contribution in [1.82, 2.24) is 0 Å². The molecular weight excluding hydrogens is 218 g/mol. The van der Waals surface area contributed by atoms with E-state index in [2.05, 4.69) is 0 Å². The number of hydrogen-bond donors (Lipinski definition) is 3. The molecule has 0 radical (unpaired) electrons. The van der Waals surface area contributed by atoms with E-state index in [0.29, 0.717) is 16.7 Å². The van der Waals surface area contributed by atoms with Crippen molar-refractivity contribution in [3.05, 3.63) is 42.0 Å². The molecule has 4 nitrogen and oxygen atoms in total. The van der Waals surface area contributed by atoms with Gasteiger partial charge in [-0.1, -0.05) is 12.1 Å². The van der Waals surface area contributed by atoms with Gasteiger partial charge < -0.3 is 15.3 Å². The zero-order chi connectivity index (χ0) is 12.4. The Labute approximate surface area is 97.6 Å². The summed E-state index contributed by atoms with van der Waals surface area (Å²) in [7, 11) is 0. The maximum atomic E-state index is 9.39. The van der Waals surface area contributed by atoms with E-state index in [0.717, 1.165) is 0 Å². The van der Waals surface area contributed by atoms with Crippen molar-refractivity contribution in [1.29, 1.82) is 5.26 Å². The highest BCUT2D eigenvalue weighted by Crippen LogP contribution is 2.38. The van der Waals surface area contributed by atoms with Gasteiger partial charge in [-0.15, -0.1) is 0 Å². The molecule has 0 fully saturated rings. The Morgan fingerprint density at radius 3 is 2.12 bits per heavy atom. The molecule has 0 saturated carbocycles. The standard InChI is InChI=1S/C13H9NO3/c14-7-8-2-1-3-9(4-8)10-5-11(15)13(17)12(16)6-10/h1-6,15-17H. The summed E-state index contributed by atoms with van der Waals surface area (Å²) in [5.41, 5.74) is 1.68. The van der Waals surface area contributed by atoms with Gasteiger partial charge in [-0.05, 0) is 35.4 Å². The molecule has 0 amide bonds. The molecule has 0 saturated heterocycles. The van der Waals surface area contributed by atoms with E-state index >= 15 is 0 Å². The molecule has 0 aromatic heterocycles. The maximum Gasteiger partial charge on any atom is 0.200 e. The molecular formula is C13H9NO3. The predicted molar refractivity (Wildman–Crippen MR) is 61.6 cm³/mol. The number of nitriles is 1. The van der Waals surface area contributed by atoms with E-state index in [1.54, 1.807) is 24.3 Å². The highest BCUT2D eigenvalue weighted by molar-refractivity contribution is 5.71. The van der Waals surface area contributed by atoms with Gasteiger partial charge in [-0.3, -0.25) is 0 Å². The summed E-state index contributed by atoms with van der Waals surface area (Å²) in [6, 6.07) is 11.4. The number of benzene rings is 2. The van der Waals surface area contributed by atoms with Crippen LogP contribution in [0.3, 0.4) is 0 Å². The molecule has 0 atom stereocenters. The van der Waals surface area contributed by atoms with Crippen molar-refractivity contribution in [2.75, 3.05) is 0 Å². The number of phenolic OH excluding ortho intramolecular Hbond substituents is 3. The van der Waals surface area contributed by atoms with Crippen LogP contribution in [0.25, 0.3) is 11.1 Å². The lowest BCUT2D eigenvalue weighted by Crippen LogP contribution is -1.81. The largest absolute Gasteiger partial charge is 0.504 e. The molecule has 17 heavy (non-hydrogen) atoms. The summed E-state index contributed by atoms with van der Waals surface area (Å²) in [6.45, 7) is 0. The minimum atomic E-state index is -0.551. The summed E-state index contributed by atoms with van der Waals surface area (Å²) in [4.78, 5) is 0. The molecule has 0 heterocycles. The average Bonchev–Trinajstić information content (AvgIpc) is 2.35. The van der Waals surface area contributed by atoms with Crippen LogP contribution in [0.1, 0.15) is 5.56 Å². The van der Waals surface area contributed by atoms with Gasteiger partial charge in [0.2, 0.25) is 0 Å². The van der Waals surface area contributed by atoms with E-state index < -0.39 is 17.2 Å². The monoisotopic (exact) mass is 227 g/mol. The fraction of sp³-hybridized carbons (Fsp3) is 0. The number of nitrogens with zero attached hydrogens (tertiary/aromatic N) is 1. The summed E-state index contributed by atoms with van der Waals surface area (Å²) in [5, 5.41) is 36.8. The number of rotatable bonds is 1. The van der Waals surface area contributed by atoms with Gasteiger partial charge in [0.15, 0.2) is 17.2 Å². The lowest BCUT2D eigenvalue weighted by Gasteiger charge is -2.06. The zero-order valence-electron chi connectivity index (χ0n) is 8.75. The first-order valence-corrected chi connectivity index (χ1v) is 4.87. The third-order valence-corrected chi connectivity index (χ3v) is 2.39. The summed E-state index contributed by atoms with van der Waals surface area (Å²) in [6.07, 6.45) is 0. The molecule has 0 unspecified atom stereocenters. The van der Waals surface area contributed by atoms with Gasteiger partial charge in [0.05, 0.1) is 11.6 Å². The first kappa shape index (κ1) is 10.8. The van der Waals surface area contributed by atoms with Gasteiger partial charge in [0, 0.05) is 0 Å². The average molecular weight is 227 g/mol. The normalized spacial score (nSPS) is 9.82. The van der Waals surface area contributed by atoms with Crippen molar-refractivity contribution in [3.63, 3.8) is 0 Å². The molecule has 0 bridgehead atoms. The molecule has 2 aromatic carbocycles. The zero-order valence-corrected chi connectivity index (χ0v) is 8.75. The highest BCUT2D eigenvalue weighted by atomic mass is 16.3. The van der Waals surface area contributed by atoms with E-state index in [4.69, 9.17) is 5.26 Å². The van der Waals surface area contributed by atoms with Crippen LogP contribution in [0.4, 0.5) is 0 Å². The Balaban J connectivity index is 2.57. The Morgan fingerprint density at radius 2 is 1.53 bits per heavy atom. The van der Waals surface area contributed by atoms with Crippen LogP contribution >= 0.6 is 0 Å². The molecule has 0 spiro atoms. The SMILES string of the molecule is N#Cc1cccc(-c2cc(O)c(O)c(O)c2)c1. The van der Waals surface area contributed by atoms with Crippen molar-refractivity contribution in [2.24, 2.45) is 0 Å². The molecule has 0 aliphatic heterocycles. The first-order valence-electron chi connectivity index (χ1n) is 4.87. The summed E-state index contributed by atoms with van der Waals surface area (Å²) >= 11 is 0. The fourth-order valence-electron chi connectivity index (χ4n) is 1.54. The first-order chi connectivity index (χ1) is 8.11. The molecule has 2 aromatic rings. The Bertz CT molecular complexity index is 591. The van der Waals surface area contributed by atoms with E-state index in [1.165, 1.54) is 12.1 Å². The van der Waals surface area contributed by atoms with Gasteiger partial charge in [0.25, 0.3) is 0 Å². The minimum Gasteiger partial charge on any atom is -0.504 e. The van der Waals surface area contributed by atoms with Gasteiger partial charge >= 0.3 is 0 Å². The maximum absolute atomic E-state index is 9.39.